The van der Waals surface area contributed by atoms with Crippen LogP contribution in [0.3, 0.4) is 0 Å². The predicted octanol–water partition coefficient (Wildman–Crippen LogP) is 4.31. The molecule has 1 aromatic rings. The summed E-state index contributed by atoms with van der Waals surface area (Å²) >= 11 is 3.48. The third-order valence-electron chi connectivity index (χ3n) is 3.52. The van der Waals surface area contributed by atoms with Crippen molar-refractivity contribution in [2.45, 2.75) is 38.5 Å². The number of rotatable bonds is 4. The Bertz CT molecular complexity index is 382. The van der Waals surface area contributed by atoms with Gasteiger partial charge in [-0.3, -0.25) is 4.79 Å². The molecule has 0 amide bonds. The van der Waals surface area contributed by atoms with Crippen molar-refractivity contribution in [2.75, 3.05) is 0 Å². The summed E-state index contributed by atoms with van der Waals surface area (Å²) < 4.78 is 1.07. The lowest BCUT2D eigenvalue weighted by atomic mass is 9.71. The molecule has 1 nitrogen and oxygen atoms in total. The first-order chi connectivity index (χ1) is 7.72. The minimum atomic E-state index is 0.135. The molecular weight excluding hydrogens is 264 g/mol. The number of carbonyl (C=O) groups is 1. The lowest BCUT2D eigenvalue weighted by Crippen LogP contribution is -2.26. The van der Waals surface area contributed by atoms with E-state index in [1.165, 1.54) is 24.8 Å². The number of Topliss-reactive ketones (excluding diaryl/α,β-unsaturated/α-hetero) is 1. The number of hydrogen-bond acceptors (Lipinski definition) is 1. The molecule has 2 heteroatoms. The van der Waals surface area contributed by atoms with Gasteiger partial charge in [-0.05, 0) is 36.5 Å². The molecular formula is C14H17BrO. The Morgan fingerprint density at radius 2 is 2.25 bits per heavy atom. The highest BCUT2D eigenvalue weighted by atomic mass is 79.9. The molecule has 0 aromatic heterocycles. The van der Waals surface area contributed by atoms with Gasteiger partial charge >= 0.3 is 0 Å². The van der Waals surface area contributed by atoms with E-state index in [-0.39, 0.29) is 5.92 Å². The first kappa shape index (κ1) is 11.8. The van der Waals surface area contributed by atoms with E-state index in [1.807, 2.05) is 19.1 Å². The van der Waals surface area contributed by atoms with Crippen LogP contribution in [0.25, 0.3) is 0 Å². The molecule has 1 atom stereocenters. The van der Waals surface area contributed by atoms with Crippen LogP contribution in [-0.4, -0.2) is 5.78 Å². The van der Waals surface area contributed by atoms with Crippen molar-refractivity contribution in [2.24, 2.45) is 5.92 Å². The van der Waals surface area contributed by atoms with Crippen molar-refractivity contribution < 1.29 is 4.79 Å². The highest BCUT2D eigenvalue weighted by Crippen LogP contribution is 2.40. The summed E-state index contributed by atoms with van der Waals surface area (Å²) in [6.45, 7) is 1.96. The average Bonchev–Trinajstić information content (AvgIpc) is 2.22. The van der Waals surface area contributed by atoms with E-state index in [0.29, 0.717) is 18.1 Å². The van der Waals surface area contributed by atoms with Gasteiger partial charge in [0.05, 0.1) is 0 Å². The lowest BCUT2D eigenvalue weighted by molar-refractivity contribution is -0.122. The van der Waals surface area contributed by atoms with Crippen molar-refractivity contribution in [1.82, 2.24) is 0 Å². The molecule has 0 N–H and O–H groups in total. The van der Waals surface area contributed by atoms with Gasteiger partial charge in [0.1, 0.15) is 5.78 Å². The van der Waals surface area contributed by atoms with Gasteiger partial charge in [-0.2, -0.15) is 0 Å². The maximum Gasteiger partial charge on any atom is 0.140 e. The van der Waals surface area contributed by atoms with Crippen molar-refractivity contribution >= 4 is 21.7 Å². The molecule has 1 unspecified atom stereocenters. The van der Waals surface area contributed by atoms with Crippen LogP contribution >= 0.6 is 15.9 Å². The molecule has 16 heavy (non-hydrogen) atoms. The second kappa shape index (κ2) is 5.13. The van der Waals surface area contributed by atoms with Gasteiger partial charge < -0.3 is 0 Å². The number of hydrogen-bond donors (Lipinski definition) is 0. The molecule has 0 heterocycles. The van der Waals surface area contributed by atoms with Crippen LogP contribution in [0.5, 0.6) is 0 Å². The van der Waals surface area contributed by atoms with Crippen LogP contribution in [0.15, 0.2) is 28.7 Å². The fourth-order valence-electron chi connectivity index (χ4n) is 2.41. The molecule has 1 fully saturated rings. The molecule has 0 saturated heterocycles. The number of halogens is 1. The summed E-state index contributed by atoms with van der Waals surface area (Å²) in [6, 6.07) is 8.21. The van der Waals surface area contributed by atoms with Gasteiger partial charge in [0.2, 0.25) is 0 Å². The standard InChI is InChI=1S/C14H17BrO/c1-2-13(16)14(10-5-3-6-10)11-7-4-8-12(15)9-11/h4,7-10,14H,2-3,5-6H2,1H3. The summed E-state index contributed by atoms with van der Waals surface area (Å²) in [4.78, 5) is 12.0. The Morgan fingerprint density at radius 3 is 2.75 bits per heavy atom. The molecule has 0 aliphatic heterocycles. The zero-order valence-corrected chi connectivity index (χ0v) is 11.2. The number of benzene rings is 1. The SMILES string of the molecule is CCC(=O)C(c1cccc(Br)c1)C1CCC1. The Hall–Kier alpha value is -0.630. The quantitative estimate of drug-likeness (QED) is 0.803. The number of ketones is 1. The number of carbonyl (C=O) groups excluding carboxylic acids is 1. The zero-order chi connectivity index (χ0) is 11.5. The smallest absolute Gasteiger partial charge is 0.140 e. The van der Waals surface area contributed by atoms with Gasteiger partial charge in [-0.15, -0.1) is 0 Å². The predicted molar refractivity (Wildman–Crippen MR) is 69.5 cm³/mol. The molecule has 2 rings (SSSR count). The Labute approximate surface area is 105 Å². The fourth-order valence-corrected chi connectivity index (χ4v) is 2.83. The Balaban J connectivity index is 2.27. The van der Waals surface area contributed by atoms with Crippen LogP contribution in [0.1, 0.15) is 44.1 Å². The maximum absolute atomic E-state index is 12.0. The van der Waals surface area contributed by atoms with Crippen molar-refractivity contribution in [3.63, 3.8) is 0 Å². The third kappa shape index (κ3) is 2.37. The van der Waals surface area contributed by atoms with Crippen LogP contribution in [0.4, 0.5) is 0 Å². The van der Waals surface area contributed by atoms with E-state index >= 15 is 0 Å². The zero-order valence-electron chi connectivity index (χ0n) is 9.58. The Kier molecular flexibility index (Phi) is 3.80. The van der Waals surface area contributed by atoms with Gasteiger partial charge in [0, 0.05) is 16.8 Å². The minimum absolute atomic E-state index is 0.135. The van der Waals surface area contributed by atoms with E-state index < -0.39 is 0 Å². The van der Waals surface area contributed by atoms with Crippen molar-refractivity contribution in [1.29, 1.82) is 0 Å². The fraction of sp³-hybridized carbons (Fsp3) is 0.500. The molecule has 1 aromatic carbocycles. The van der Waals surface area contributed by atoms with E-state index in [1.54, 1.807) is 0 Å². The van der Waals surface area contributed by atoms with Gasteiger partial charge in [-0.25, -0.2) is 0 Å². The minimum Gasteiger partial charge on any atom is -0.299 e. The van der Waals surface area contributed by atoms with E-state index in [9.17, 15) is 4.79 Å². The molecule has 1 aliphatic rings. The topological polar surface area (TPSA) is 17.1 Å². The van der Waals surface area contributed by atoms with E-state index in [4.69, 9.17) is 0 Å². The molecule has 0 radical (unpaired) electrons. The largest absolute Gasteiger partial charge is 0.299 e. The molecule has 1 saturated carbocycles. The highest BCUT2D eigenvalue weighted by Gasteiger charge is 2.32. The molecule has 86 valence electrons. The average molecular weight is 281 g/mol. The summed E-state index contributed by atoms with van der Waals surface area (Å²) in [5.41, 5.74) is 1.19. The van der Waals surface area contributed by atoms with Crippen LogP contribution in [0.2, 0.25) is 0 Å². The van der Waals surface area contributed by atoms with Crippen molar-refractivity contribution in [3.05, 3.63) is 34.3 Å². The second-order valence-corrected chi connectivity index (χ2v) is 5.46. The monoisotopic (exact) mass is 280 g/mol. The first-order valence-corrected chi connectivity index (χ1v) is 6.80. The summed E-state index contributed by atoms with van der Waals surface area (Å²) in [7, 11) is 0. The molecule has 1 aliphatic carbocycles. The first-order valence-electron chi connectivity index (χ1n) is 6.00. The lowest BCUT2D eigenvalue weighted by Gasteiger charge is -2.33. The van der Waals surface area contributed by atoms with E-state index in [0.717, 1.165) is 4.47 Å². The summed E-state index contributed by atoms with van der Waals surface area (Å²) in [6.07, 6.45) is 4.35. The third-order valence-corrected chi connectivity index (χ3v) is 4.02. The molecule has 0 spiro atoms. The second-order valence-electron chi connectivity index (χ2n) is 4.54. The molecule has 0 bridgehead atoms. The van der Waals surface area contributed by atoms with Crippen LogP contribution in [-0.2, 0) is 4.79 Å². The maximum atomic E-state index is 12.0. The summed E-state index contributed by atoms with van der Waals surface area (Å²) in [5.74, 6) is 1.11. The van der Waals surface area contributed by atoms with Gasteiger partial charge in [0.25, 0.3) is 0 Å². The van der Waals surface area contributed by atoms with Crippen molar-refractivity contribution in [3.8, 4) is 0 Å². The van der Waals surface area contributed by atoms with E-state index in [2.05, 4.69) is 28.1 Å². The van der Waals surface area contributed by atoms with Crippen LogP contribution in [0, 0.1) is 5.92 Å². The van der Waals surface area contributed by atoms with Gasteiger partial charge in [0.15, 0.2) is 0 Å². The summed E-state index contributed by atoms with van der Waals surface area (Å²) in [5, 5.41) is 0. The van der Waals surface area contributed by atoms with Crippen LogP contribution < -0.4 is 0 Å². The normalized spacial score (nSPS) is 17.9. The van der Waals surface area contributed by atoms with Gasteiger partial charge in [-0.1, -0.05) is 41.4 Å². The Morgan fingerprint density at radius 1 is 1.50 bits per heavy atom. The highest BCUT2D eigenvalue weighted by molar-refractivity contribution is 9.10.